The summed E-state index contributed by atoms with van der Waals surface area (Å²) in [6, 6.07) is 9.30. The van der Waals surface area contributed by atoms with Crippen molar-refractivity contribution in [2.24, 2.45) is 5.73 Å². The number of pyridine rings is 1. The minimum atomic E-state index is -4.62. The molecule has 2 heterocycles. The van der Waals surface area contributed by atoms with Crippen LogP contribution in [0.4, 0.5) is 23.7 Å². The number of H-pyrrole nitrogens is 1. The molecule has 0 saturated carbocycles. The van der Waals surface area contributed by atoms with Crippen LogP contribution in [0.3, 0.4) is 0 Å². The topological polar surface area (TPSA) is 152 Å². The molecule has 3 aromatic rings. The zero-order chi connectivity index (χ0) is 26.9. The number of hydrogen-bond donors (Lipinski definition) is 3. The largest absolute Gasteiger partial charge is 0.481 e. The number of carboxylic acid groups (broad SMARTS) is 1. The number of carbonyl (C=O) groups is 3. The van der Waals surface area contributed by atoms with Crippen molar-refractivity contribution in [3.8, 4) is 11.3 Å². The average Bonchev–Trinajstić information content (AvgIpc) is 3.21. The van der Waals surface area contributed by atoms with Crippen LogP contribution in [0.5, 0.6) is 0 Å². The van der Waals surface area contributed by atoms with Gasteiger partial charge in [0.25, 0.3) is 5.56 Å². The number of carbonyl (C=O) groups excluding carboxylic acids is 2. The number of fused-ring (bicyclic) bond motifs is 1. The third-order valence-corrected chi connectivity index (χ3v) is 5.65. The van der Waals surface area contributed by atoms with Crippen LogP contribution in [0.1, 0.15) is 12.0 Å². The third-order valence-electron chi connectivity index (χ3n) is 5.65. The van der Waals surface area contributed by atoms with Crippen LogP contribution in [-0.4, -0.2) is 53.4 Å². The van der Waals surface area contributed by atoms with Crippen LogP contribution in [-0.2, 0) is 25.2 Å². The molecular weight excluding hydrogens is 499 g/mol. The van der Waals surface area contributed by atoms with E-state index in [9.17, 15) is 32.3 Å². The van der Waals surface area contributed by atoms with Gasteiger partial charge in [-0.15, -0.1) is 0 Å². The lowest BCUT2D eigenvalue weighted by Crippen LogP contribution is -2.36. The van der Waals surface area contributed by atoms with E-state index in [4.69, 9.17) is 20.3 Å². The summed E-state index contributed by atoms with van der Waals surface area (Å²) >= 11 is 0. The average molecular weight is 519 g/mol. The van der Waals surface area contributed by atoms with Gasteiger partial charge in [-0.2, -0.15) is 13.2 Å². The molecule has 13 heteroatoms. The van der Waals surface area contributed by atoms with Gasteiger partial charge >= 0.3 is 24.2 Å². The van der Waals surface area contributed by atoms with Gasteiger partial charge in [-0.05, 0) is 29.7 Å². The van der Waals surface area contributed by atoms with Crippen molar-refractivity contribution in [1.82, 2.24) is 4.98 Å². The molecule has 1 aliphatic rings. The van der Waals surface area contributed by atoms with Crippen LogP contribution in [0, 0.1) is 0 Å². The first-order valence-corrected chi connectivity index (χ1v) is 10.9. The highest BCUT2D eigenvalue weighted by atomic mass is 19.4. The molecular formula is C24H20F3N3O7. The van der Waals surface area contributed by atoms with E-state index >= 15 is 0 Å². The molecule has 0 aliphatic carbocycles. The van der Waals surface area contributed by atoms with Crippen molar-refractivity contribution >= 4 is 34.5 Å². The van der Waals surface area contributed by atoms with Gasteiger partial charge in [0.05, 0.1) is 18.5 Å². The van der Waals surface area contributed by atoms with Crippen molar-refractivity contribution in [3.63, 3.8) is 0 Å². The van der Waals surface area contributed by atoms with Gasteiger partial charge in [-0.25, -0.2) is 4.79 Å². The summed E-state index contributed by atoms with van der Waals surface area (Å²) in [4.78, 5) is 51.3. The summed E-state index contributed by atoms with van der Waals surface area (Å²) in [5.41, 5.74) is 3.97. The highest BCUT2D eigenvalue weighted by molar-refractivity contribution is 5.95. The van der Waals surface area contributed by atoms with E-state index < -0.39 is 53.9 Å². The molecule has 2 atom stereocenters. The Balaban J connectivity index is 1.54. The van der Waals surface area contributed by atoms with Gasteiger partial charge in [-0.3, -0.25) is 19.3 Å². The molecule has 2 aromatic carbocycles. The maximum Gasteiger partial charge on any atom is 0.417 e. The van der Waals surface area contributed by atoms with Gasteiger partial charge in [0, 0.05) is 22.3 Å². The van der Waals surface area contributed by atoms with Crippen molar-refractivity contribution in [2.75, 3.05) is 18.1 Å². The number of hydrogen-bond acceptors (Lipinski definition) is 7. The Kier molecular flexibility index (Phi) is 6.90. The lowest BCUT2D eigenvalue weighted by Gasteiger charge is -2.15. The number of rotatable bonds is 7. The summed E-state index contributed by atoms with van der Waals surface area (Å²) < 4.78 is 50.4. The minimum absolute atomic E-state index is 0.0123. The van der Waals surface area contributed by atoms with E-state index in [2.05, 4.69) is 4.98 Å². The Morgan fingerprint density at radius 1 is 1.19 bits per heavy atom. The first-order chi connectivity index (χ1) is 17.4. The molecule has 1 aliphatic heterocycles. The lowest BCUT2D eigenvalue weighted by molar-refractivity contribution is -0.151. The maximum atomic E-state index is 13.4. The Morgan fingerprint density at radius 2 is 1.92 bits per heavy atom. The van der Waals surface area contributed by atoms with Crippen molar-refractivity contribution < 1.29 is 42.1 Å². The molecule has 0 spiro atoms. The molecule has 0 unspecified atom stereocenters. The number of nitrogens with two attached hydrogens (primary N) is 1. The number of ether oxygens (including phenoxy) is 2. The molecule has 4 N–H and O–H groups in total. The molecule has 1 saturated heterocycles. The number of nitrogens with one attached hydrogen (secondary N) is 1. The fraction of sp³-hybridized carbons (Fsp3) is 0.250. The molecule has 1 aromatic heterocycles. The summed E-state index contributed by atoms with van der Waals surface area (Å²) in [5.74, 6) is -2.23. The molecule has 0 radical (unpaired) electrons. The monoisotopic (exact) mass is 519 g/mol. The smallest absolute Gasteiger partial charge is 0.417 e. The van der Waals surface area contributed by atoms with E-state index in [0.29, 0.717) is 5.39 Å². The van der Waals surface area contributed by atoms with Gasteiger partial charge in [0.2, 0.25) is 0 Å². The molecule has 10 nitrogen and oxygen atoms in total. The molecule has 0 bridgehead atoms. The number of benzene rings is 2. The standard InChI is InChI=1S/C24H20F3N3O7/c25-24(26,27)17-4-2-1-3-15(17)19-7-12-5-6-13(8-16(12)21(33)29-19)30-10-14(37-23(30)35)11-36-22(34)18(28)9-20(31)32/h1-8,14,18H,9-11,28H2,(H,29,33)(H,31,32)/t14-,18-/m0/s1. The molecule has 1 fully saturated rings. The summed E-state index contributed by atoms with van der Waals surface area (Å²) in [6.07, 6.45) is -6.88. The number of alkyl halides is 3. The second-order valence-electron chi connectivity index (χ2n) is 8.28. The number of cyclic esters (lactones) is 1. The highest BCUT2D eigenvalue weighted by Gasteiger charge is 2.35. The summed E-state index contributed by atoms with van der Waals surface area (Å²) in [7, 11) is 0. The zero-order valence-electron chi connectivity index (χ0n) is 18.9. The predicted molar refractivity (Wildman–Crippen MR) is 124 cm³/mol. The van der Waals surface area contributed by atoms with Gasteiger partial charge < -0.3 is 25.3 Å². The highest BCUT2D eigenvalue weighted by Crippen LogP contribution is 2.36. The molecule has 1 amide bonds. The summed E-state index contributed by atoms with van der Waals surface area (Å²) in [6.45, 7) is -0.398. The van der Waals surface area contributed by atoms with Gasteiger partial charge in [0.15, 0.2) is 6.10 Å². The normalized spacial score (nSPS) is 16.5. The van der Waals surface area contributed by atoms with E-state index in [1.54, 1.807) is 0 Å². The predicted octanol–water partition coefficient (Wildman–Crippen LogP) is 2.88. The number of halogens is 3. The Hall–Kier alpha value is -4.39. The minimum Gasteiger partial charge on any atom is -0.481 e. The van der Waals surface area contributed by atoms with Gasteiger partial charge in [-0.1, -0.05) is 24.3 Å². The number of amides is 1. The second kappa shape index (κ2) is 9.93. The molecule has 194 valence electrons. The van der Waals surface area contributed by atoms with E-state index in [0.717, 1.165) is 6.07 Å². The molecule has 4 rings (SSSR count). The van der Waals surface area contributed by atoms with Crippen LogP contribution >= 0.6 is 0 Å². The van der Waals surface area contributed by atoms with Crippen LogP contribution in [0.15, 0.2) is 53.3 Å². The number of aliphatic carboxylic acids is 1. The number of esters is 1. The maximum absolute atomic E-state index is 13.4. The first-order valence-electron chi connectivity index (χ1n) is 10.9. The fourth-order valence-corrected chi connectivity index (χ4v) is 3.90. The lowest BCUT2D eigenvalue weighted by atomic mass is 10.0. The first kappa shape index (κ1) is 25.7. The van der Waals surface area contributed by atoms with E-state index in [1.165, 1.54) is 47.4 Å². The summed E-state index contributed by atoms with van der Waals surface area (Å²) in [5, 5.41) is 9.17. The Bertz CT molecular complexity index is 1440. The second-order valence-corrected chi connectivity index (χ2v) is 8.28. The quantitative estimate of drug-likeness (QED) is 0.403. The molecule has 37 heavy (non-hydrogen) atoms. The van der Waals surface area contributed by atoms with Crippen molar-refractivity contribution in [3.05, 3.63) is 64.4 Å². The number of nitrogens with zero attached hydrogens (tertiary/aromatic N) is 1. The number of aromatic nitrogens is 1. The van der Waals surface area contributed by atoms with Crippen LogP contribution in [0.25, 0.3) is 22.0 Å². The van der Waals surface area contributed by atoms with Crippen LogP contribution < -0.4 is 16.2 Å². The Morgan fingerprint density at radius 3 is 2.62 bits per heavy atom. The number of aromatic amines is 1. The number of anilines is 1. The van der Waals surface area contributed by atoms with E-state index in [1.807, 2.05) is 0 Å². The third kappa shape index (κ3) is 5.56. The SMILES string of the molecule is N[C@@H](CC(=O)O)C(=O)OC[C@@H]1CN(c2ccc3cc(-c4ccccc4C(F)(F)F)[nH]c(=O)c3c2)C(=O)O1. The number of carboxylic acids is 1. The zero-order valence-corrected chi connectivity index (χ0v) is 18.9. The van der Waals surface area contributed by atoms with E-state index in [-0.39, 0.29) is 35.5 Å². The van der Waals surface area contributed by atoms with Crippen molar-refractivity contribution in [2.45, 2.75) is 24.7 Å². The van der Waals surface area contributed by atoms with Crippen molar-refractivity contribution in [1.29, 1.82) is 0 Å². The Labute approximate surface area is 206 Å². The van der Waals surface area contributed by atoms with Crippen LogP contribution in [0.2, 0.25) is 0 Å². The fourth-order valence-electron chi connectivity index (χ4n) is 3.90. The van der Waals surface area contributed by atoms with Gasteiger partial charge in [0.1, 0.15) is 12.6 Å².